The van der Waals surface area contributed by atoms with Crippen LogP contribution in [0.5, 0.6) is 0 Å². The predicted octanol–water partition coefficient (Wildman–Crippen LogP) is 2.69. The average Bonchev–Trinajstić information content (AvgIpc) is 2.35. The lowest BCUT2D eigenvalue weighted by Gasteiger charge is -2.18. The maximum atomic E-state index is 13.2. The van der Waals surface area contributed by atoms with Crippen LogP contribution in [-0.4, -0.2) is 31.1 Å². The lowest BCUT2D eigenvalue weighted by molar-refractivity contribution is 0.303. The normalized spacial score (nSPS) is 10.9. The summed E-state index contributed by atoms with van der Waals surface area (Å²) in [6.07, 6.45) is 0.902. The van der Waals surface area contributed by atoms with Crippen LogP contribution in [0, 0.1) is 11.6 Å². The van der Waals surface area contributed by atoms with Crippen molar-refractivity contribution in [1.29, 1.82) is 0 Å². The molecule has 1 rings (SSSR count). The molecule has 0 bridgehead atoms. The first kappa shape index (κ1) is 14.7. The third-order valence-corrected chi connectivity index (χ3v) is 2.96. The van der Waals surface area contributed by atoms with Crippen molar-refractivity contribution in [3.05, 3.63) is 23.8 Å². The van der Waals surface area contributed by atoms with Gasteiger partial charge in [0.2, 0.25) is 0 Å². The number of nitrogen functional groups attached to an aromatic ring is 1. The molecule has 0 atom stereocenters. The summed E-state index contributed by atoms with van der Waals surface area (Å²) >= 11 is 0. The zero-order valence-electron chi connectivity index (χ0n) is 11.0. The van der Waals surface area contributed by atoms with E-state index in [1.807, 2.05) is 0 Å². The van der Waals surface area contributed by atoms with E-state index in [2.05, 4.69) is 24.1 Å². The van der Waals surface area contributed by atoms with Gasteiger partial charge < -0.3 is 16.0 Å². The lowest BCUT2D eigenvalue weighted by atomic mass is 10.2. The molecule has 1 aromatic carbocycles. The van der Waals surface area contributed by atoms with Crippen molar-refractivity contribution >= 4 is 11.4 Å². The van der Waals surface area contributed by atoms with Gasteiger partial charge in [0.1, 0.15) is 5.82 Å². The van der Waals surface area contributed by atoms with Crippen molar-refractivity contribution in [2.75, 3.05) is 37.2 Å². The summed E-state index contributed by atoms with van der Waals surface area (Å²) in [4.78, 5) is 2.29. The Morgan fingerprint density at radius 1 is 1.22 bits per heavy atom. The number of benzene rings is 1. The van der Waals surface area contributed by atoms with Gasteiger partial charge in [0.25, 0.3) is 0 Å². The van der Waals surface area contributed by atoms with Gasteiger partial charge in [-0.25, -0.2) is 8.78 Å². The van der Waals surface area contributed by atoms with Gasteiger partial charge in [-0.05, 0) is 32.1 Å². The molecule has 3 N–H and O–H groups in total. The van der Waals surface area contributed by atoms with E-state index in [1.54, 1.807) is 0 Å². The van der Waals surface area contributed by atoms with Crippen molar-refractivity contribution in [2.24, 2.45) is 0 Å². The van der Waals surface area contributed by atoms with Crippen LogP contribution in [0.15, 0.2) is 12.1 Å². The zero-order chi connectivity index (χ0) is 13.5. The summed E-state index contributed by atoms with van der Waals surface area (Å²) in [5.74, 6) is -1.34. The zero-order valence-corrected chi connectivity index (χ0v) is 11.0. The first-order valence-corrected chi connectivity index (χ1v) is 6.29. The second-order valence-corrected chi connectivity index (χ2v) is 4.16. The van der Waals surface area contributed by atoms with Crippen LogP contribution in [0.2, 0.25) is 0 Å². The van der Waals surface area contributed by atoms with Crippen molar-refractivity contribution in [3.63, 3.8) is 0 Å². The number of rotatable bonds is 7. The van der Waals surface area contributed by atoms with E-state index in [0.717, 1.165) is 32.1 Å². The Morgan fingerprint density at radius 3 is 2.50 bits per heavy atom. The molecular formula is C13H21F2N3. The van der Waals surface area contributed by atoms with Crippen molar-refractivity contribution in [2.45, 2.75) is 20.3 Å². The molecule has 3 nitrogen and oxygen atoms in total. The minimum absolute atomic E-state index is 0.0285. The smallest absolute Gasteiger partial charge is 0.151 e. The summed E-state index contributed by atoms with van der Waals surface area (Å²) < 4.78 is 26.2. The third-order valence-electron chi connectivity index (χ3n) is 2.96. The highest BCUT2D eigenvalue weighted by atomic mass is 19.1. The molecular weight excluding hydrogens is 236 g/mol. The van der Waals surface area contributed by atoms with Gasteiger partial charge in [-0.3, -0.25) is 0 Å². The van der Waals surface area contributed by atoms with Gasteiger partial charge in [-0.15, -0.1) is 0 Å². The SMILES string of the molecule is CCN(CC)CCCNc1cc(F)cc(F)c1N. The van der Waals surface area contributed by atoms with E-state index < -0.39 is 11.6 Å². The number of nitrogens with two attached hydrogens (primary N) is 1. The molecule has 0 radical (unpaired) electrons. The van der Waals surface area contributed by atoms with Crippen molar-refractivity contribution in [1.82, 2.24) is 4.90 Å². The summed E-state index contributed by atoms with van der Waals surface area (Å²) in [7, 11) is 0. The number of hydrogen-bond acceptors (Lipinski definition) is 3. The van der Waals surface area contributed by atoms with E-state index in [-0.39, 0.29) is 5.69 Å². The third kappa shape index (κ3) is 4.14. The Labute approximate surface area is 107 Å². The fourth-order valence-corrected chi connectivity index (χ4v) is 1.80. The first-order valence-electron chi connectivity index (χ1n) is 6.29. The minimum Gasteiger partial charge on any atom is -0.395 e. The molecule has 5 heteroatoms. The molecule has 0 amide bonds. The maximum Gasteiger partial charge on any atom is 0.151 e. The molecule has 0 spiro atoms. The van der Waals surface area contributed by atoms with E-state index in [4.69, 9.17) is 5.73 Å². The van der Waals surface area contributed by atoms with Crippen LogP contribution >= 0.6 is 0 Å². The Bertz CT molecular complexity index is 379. The molecule has 0 aliphatic rings. The molecule has 18 heavy (non-hydrogen) atoms. The number of hydrogen-bond donors (Lipinski definition) is 2. The van der Waals surface area contributed by atoms with Crippen LogP contribution in [0.25, 0.3) is 0 Å². The van der Waals surface area contributed by atoms with Gasteiger partial charge in [0.05, 0.1) is 11.4 Å². The number of halogens is 2. The summed E-state index contributed by atoms with van der Waals surface area (Å²) in [6, 6.07) is 2.01. The highest BCUT2D eigenvalue weighted by Gasteiger charge is 2.07. The average molecular weight is 257 g/mol. The Kier molecular flexibility index (Phi) is 5.85. The van der Waals surface area contributed by atoms with Gasteiger partial charge in [0, 0.05) is 12.6 Å². The highest BCUT2D eigenvalue weighted by Crippen LogP contribution is 2.23. The maximum absolute atomic E-state index is 13.2. The molecule has 0 fully saturated rings. The first-order chi connectivity index (χ1) is 8.58. The number of anilines is 2. The Balaban J connectivity index is 2.44. The quantitative estimate of drug-likeness (QED) is 0.583. The van der Waals surface area contributed by atoms with Crippen LogP contribution in [0.3, 0.4) is 0 Å². The fraction of sp³-hybridized carbons (Fsp3) is 0.538. The van der Waals surface area contributed by atoms with Crippen LogP contribution in [-0.2, 0) is 0 Å². The van der Waals surface area contributed by atoms with Crippen molar-refractivity contribution in [3.8, 4) is 0 Å². The Morgan fingerprint density at radius 2 is 1.89 bits per heavy atom. The standard InChI is InChI=1S/C13H21F2N3/c1-3-18(4-2)7-5-6-17-12-9-10(14)8-11(15)13(12)16/h8-9,17H,3-7,16H2,1-2H3. The molecule has 1 aromatic rings. The van der Waals surface area contributed by atoms with Crippen LogP contribution in [0.4, 0.5) is 20.2 Å². The van der Waals surface area contributed by atoms with Crippen LogP contribution < -0.4 is 11.1 Å². The van der Waals surface area contributed by atoms with E-state index >= 15 is 0 Å². The summed E-state index contributed by atoms with van der Waals surface area (Å²) in [5, 5.41) is 2.97. The molecule has 102 valence electrons. The van der Waals surface area contributed by atoms with E-state index in [0.29, 0.717) is 12.2 Å². The van der Waals surface area contributed by atoms with Gasteiger partial charge >= 0.3 is 0 Å². The molecule has 0 heterocycles. The lowest BCUT2D eigenvalue weighted by Crippen LogP contribution is -2.25. The van der Waals surface area contributed by atoms with Gasteiger partial charge in [-0.1, -0.05) is 13.8 Å². The molecule has 0 saturated carbocycles. The van der Waals surface area contributed by atoms with E-state index in [9.17, 15) is 8.78 Å². The monoisotopic (exact) mass is 257 g/mol. The van der Waals surface area contributed by atoms with Gasteiger partial charge in [0.15, 0.2) is 5.82 Å². The molecule has 0 aliphatic carbocycles. The summed E-state index contributed by atoms with van der Waals surface area (Å²) in [6.45, 7) is 7.83. The topological polar surface area (TPSA) is 41.3 Å². The highest BCUT2D eigenvalue weighted by molar-refractivity contribution is 5.66. The minimum atomic E-state index is -0.721. The van der Waals surface area contributed by atoms with Crippen LogP contribution in [0.1, 0.15) is 20.3 Å². The second kappa shape index (κ2) is 7.16. The summed E-state index contributed by atoms with van der Waals surface area (Å²) in [5.41, 5.74) is 5.83. The Hall–Kier alpha value is -1.36. The number of nitrogens with zero attached hydrogens (tertiary/aromatic N) is 1. The fourth-order valence-electron chi connectivity index (χ4n) is 1.80. The molecule has 0 saturated heterocycles. The van der Waals surface area contributed by atoms with Gasteiger partial charge in [-0.2, -0.15) is 0 Å². The second-order valence-electron chi connectivity index (χ2n) is 4.16. The molecule has 0 aromatic heterocycles. The largest absolute Gasteiger partial charge is 0.395 e. The van der Waals surface area contributed by atoms with Crippen molar-refractivity contribution < 1.29 is 8.78 Å². The molecule has 0 unspecified atom stereocenters. The number of nitrogens with one attached hydrogen (secondary N) is 1. The molecule has 0 aliphatic heterocycles. The van der Waals surface area contributed by atoms with E-state index in [1.165, 1.54) is 6.07 Å². The predicted molar refractivity (Wildman–Crippen MR) is 71.7 cm³/mol.